The van der Waals surface area contributed by atoms with E-state index in [2.05, 4.69) is 10.6 Å². The summed E-state index contributed by atoms with van der Waals surface area (Å²) in [6.45, 7) is -0.462. The van der Waals surface area contributed by atoms with Crippen LogP contribution in [-0.2, 0) is 44.8 Å². The van der Waals surface area contributed by atoms with Crippen molar-refractivity contribution in [3.05, 3.63) is 138 Å². The molecule has 2 aliphatic heterocycles. The van der Waals surface area contributed by atoms with E-state index < -0.39 is 53.8 Å². The number of cyclic esters (lactones) is 1. The van der Waals surface area contributed by atoms with Gasteiger partial charge in [-0.05, 0) is 34.4 Å². The molecule has 4 aromatic rings. The van der Waals surface area contributed by atoms with Crippen molar-refractivity contribution in [2.24, 2.45) is 0 Å². The number of amides is 3. The van der Waals surface area contributed by atoms with Crippen molar-refractivity contribution < 1.29 is 47.8 Å². The van der Waals surface area contributed by atoms with Crippen molar-refractivity contribution in [1.82, 2.24) is 15.7 Å². The maximum absolute atomic E-state index is 14.0. The molecule has 0 aromatic heterocycles. The van der Waals surface area contributed by atoms with Crippen LogP contribution in [0.1, 0.15) is 47.2 Å². The van der Waals surface area contributed by atoms with Crippen LogP contribution in [0.2, 0.25) is 0 Å². The molecule has 3 amide bonds. The lowest BCUT2D eigenvalue weighted by molar-refractivity contribution is -0.260. The van der Waals surface area contributed by atoms with Crippen LogP contribution >= 0.6 is 0 Å². The Labute approximate surface area is 293 Å². The summed E-state index contributed by atoms with van der Waals surface area (Å²) in [7, 11) is 1.54. The lowest BCUT2D eigenvalue weighted by atomic mass is 10.0. The molecule has 0 aliphatic carbocycles. The minimum atomic E-state index is -2.24. The number of nitrogens with zero attached hydrogens (tertiary/aromatic N) is 1. The van der Waals surface area contributed by atoms with Gasteiger partial charge >= 0.3 is 23.8 Å². The quantitative estimate of drug-likeness (QED) is 0.162. The largest absolute Gasteiger partial charge is 0.497 e. The van der Waals surface area contributed by atoms with Gasteiger partial charge in [-0.3, -0.25) is 19.2 Å². The molecule has 2 aliphatic rings. The first-order valence-corrected chi connectivity index (χ1v) is 16.2. The maximum atomic E-state index is 14.0. The van der Waals surface area contributed by atoms with Crippen LogP contribution < -0.4 is 15.4 Å². The number of methoxy groups -OCH3 is 1. The first-order valence-electron chi connectivity index (χ1n) is 16.2. The van der Waals surface area contributed by atoms with Crippen molar-refractivity contribution in [3.8, 4) is 5.75 Å². The molecule has 2 saturated heterocycles. The van der Waals surface area contributed by atoms with Gasteiger partial charge in [-0.1, -0.05) is 103 Å². The molecule has 2 heterocycles. The summed E-state index contributed by atoms with van der Waals surface area (Å²) in [6.07, 6.45) is -2.19. The van der Waals surface area contributed by atoms with Crippen LogP contribution in [0.4, 0.5) is 4.79 Å². The third-order valence-corrected chi connectivity index (χ3v) is 8.40. The number of hydrogen-bond acceptors (Lipinski definition) is 10. The first kappa shape index (κ1) is 34.6. The molecular formula is C38H35N3O10. The average molecular weight is 694 g/mol. The molecule has 2 fully saturated rings. The van der Waals surface area contributed by atoms with Crippen LogP contribution in [0, 0.1) is 0 Å². The Kier molecular flexibility index (Phi) is 10.6. The van der Waals surface area contributed by atoms with E-state index in [0.29, 0.717) is 33.1 Å². The second-order valence-electron chi connectivity index (χ2n) is 11.8. The predicted molar refractivity (Wildman–Crippen MR) is 179 cm³/mol. The van der Waals surface area contributed by atoms with Gasteiger partial charge in [0.1, 0.15) is 31.0 Å². The van der Waals surface area contributed by atoms with Crippen molar-refractivity contribution in [2.75, 3.05) is 13.7 Å². The summed E-state index contributed by atoms with van der Waals surface area (Å²) in [5.41, 5.74) is 0.170. The van der Waals surface area contributed by atoms with Gasteiger partial charge in [0.2, 0.25) is 5.91 Å². The summed E-state index contributed by atoms with van der Waals surface area (Å²) in [4.78, 5) is 72.5. The van der Waals surface area contributed by atoms with Crippen molar-refractivity contribution in [1.29, 1.82) is 0 Å². The van der Waals surface area contributed by atoms with E-state index >= 15 is 0 Å². The molecule has 0 saturated carbocycles. The molecular weight excluding hydrogens is 658 g/mol. The normalized spacial score (nSPS) is 18.9. The molecule has 3 atom stereocenters. The van der Waals surface area contributed by atoms with Crippen molar-refractivity contribution in [2.45, 2.75) is 43.4 Å². The molecule has 262 valence electrons. The zero-order chi connectivity index (χ0) is 35.8. The van der Waals surface area contributed by atoms with Gasteiger partial charge in [-0.2, -0.15) is 5.06 Å². The van der Waals surface area contributed by atoms with E-state index in [1.165, 1.54) is 0 Å². The molecule has 0 radical (unpaired) electrons. The number of carbonyl (C=O) groups excluding carboxylic acids is 5. The number of benzene rings is 4. The topological polar surface area (TPSA) is 159 Å². The number of rotatable bonds is 12. The summed E-state index contributed by atoms with van der Waals surface area (Å²) >= 11 is 0. The number of nitrogens with one attached hydrogen (secondary N) is 2. The van der Waals surface area contributed by atoms with Crippen LogP contribution in [0.15, 0.2) is 115 Å². The SMILES string of the molecule is COc1ccc(COC(=O)N[C@H](C(=O)N[C@H]2CON(C3(C(=O)OC(c4ccccc4)c4ccccc4)CCC(=O)O3)C2=O)c2ccccc2)cc1. The fourth-order valence-corrected chi connectivity index (χ4v) is 5.76. The van der Waals surface area contributed by atoms with E-state index in [0.717, 1.165) is 0 Å². The van der Waals surface area contributed by atoms with E-state index in [1.807, 2.05) is 12.1 Å². The molecule has 2 N–H and O–H groups in total. The molecule has 0 spiro atoms. The van der Waals surface area contributed by atoms with Crippen LogP contribution in [0.5, 0.6) is 5.75 Å². The van der Waals surface area contributed by atoms with E-state index in [4.69, 9.17) is 23.8 Å². The molecule has 13 heteroatoms. The highest BCUT2D eigenvalue weighted by molar-refractivity contribution is 5.96. The first-order chi connectivity index (χ1) is 24.8. The highest BCUT2D eigenvalue weighted by atomic mass is 16.8. The number of carbonyl (C=O) groups is 5. The smallest absolute Gasteiger partial charge is 0.408 e. The second kappa shape index (κ2) is 15.6. The van der Waals surface area contributed by atoms with Gasteiger partial charge in [0.15, 0.2) is 6.10 Å². The van der Waals surface area contributed by atoms with Gasteiger partial charge < -0.3 is 29.6 Å². The van der Waals surface area contributed by atoms with Gasteiger partial charge in [-0.25, -0.2) is 9.59 Å². The third-order valence-electron chi connectivity index (χ3n) is 8.40. The highest BCUT2D eigenvalue weighted by Crippen LogP contribution is 2.38. The Bertz CT molecular complexity index is 1820. The highest BCUT2D eigenvalue weighted by Gasteiger charge is 2.60. The fraction of sp³-hybridized carbons (Fsp3) is 0.237. The van der Waals surface area contributed by atoms with E-state index in [1.54, 1.807) is 110 Å². The molecule has 1 unspecified atom stereocenters. The zero-order valence-corrected chi connectivity index (χ0v) is 27.6. The lowest BCUT2D eigenvalue weighted by Crippen LogP contribution is -2.57. The Morgan fingerprint density at radius 2 is 1.43 bits per heavy atom. The summed E-state index contributed by atoms with van der Waals surface area (Å²) < 4.78 is 22.0. The number of alkyl carbamates (subject to hydrolysis) is 1. The number of hydrogen-bond donors (Lipinski definition) is 2. The second-order valence-corrected chi connectivity index (χ2v) is 11.8. The predicted octanol–water partition coefficient (Wildman–Crippen LogP) is 4.29. The minimum absolute atomic E-state index is 0.0742. The maximum Gasteiger partial charge on any atom is 0.408 e. The summed E-state index contributed by atoms with van der Waals surface area (Å²) in [5, 5.41) is 5.83. The minimum Gasteiger partial charge on any atom is -0.497 e. The summed E-state index contributed by atoms with van der Waals surface area (Å²) in [6, 6.07) is 30.7. The molecule has 4 aromatic carbocycles. The molecule has 6 rings (SSSR count). The Morgan fingerprint density at radius 1 is 0.843 bits per heavy atom. The Hall–Kier alpha value is -6.21. The Morgan fingerprint density at radius 3 is 1.98 bits per heavy atom. The molecule has 0 bridgehead atoms. The van der Waals surface area contributed by atoms with Crippen molar-refractivity contribution in [3.63, 3.8) is 0 Å². The van der Waals surface area contributed by atoms with Gasteiger partial charge in [0.25, 0.3) is 5.91 Å². The number of hydroxylamine groups is 2. The Balaban J connectivity index is 1.17. The van der Waals surface area contributed by atoms with E-state index in [9.17, 15) is 24.0 Å². The van der Waals surface area contributed by atoms with Gasteiger partial charge in [0.05, 0.1) is 13.5 Å². The standard InChI is InChI=1S/C38H35N3O10/c1-47-29-19-17-25(18-20-29)23-48-37(46)40-32(26-11-5-2-6-12-26)34(43)39-30-24-49-41(35(30)44)38(22-21-31(42)51-38)36(45)50-33(27-13-7-3-8-14-27)28-15-9-4-10-16-28/h2-20,30,32-33H,21-24H2,1H3,(H,39,43)(H,40,46)/t30-,32-,38?/m0/s1. The van der Waals surface area contributed by atoms with Crippen molar-refractivity contribution >= 4 is 29.8 Å². The van der Waals surface area contributed by atoms with Gasteiger partial charge in [-0.15, -0.1) is 0 Å². The zero-order valence-electron chi connectivity index (χ0n) is 27.6. The number of ether oxygens (including phenoxy) is 4. The molecule has 51 heavy (non-hydrogen) atoms. The monoisotopic (exact) mass is 693 g/mol. The lowest BCUT2D eigenvalue weighted by Gasteiger charge is -2.34. The number of esters is 2. The third kappa shape index (κ3) is 7.84. The summed E-state index contributed by atoms with van der Waals surface area (Å²) in [5.74, 6) is -2.70. The average Bonchev–Trinajstić information content (AvgIpc) is 3.75. The van der Waals surface area contributed by atoms with Crippen LogP contribution in [0.25, 0.3) is 0 Å². The van der Waals surface area contributed by atoms with Gasteiger partial charge in [0, 0.05) is 6.42 Å². The van der Waals surface area contributed by atoms with Crippen LogP contribution in [0.3, 0.4) is 0 Å². The van der Waals surface area contributed by atoms with Crippen LogP contribution in [-0.4, -0.2) is 60.4 Å². The van der Waals surface area contributed by atoms with E-state index in [-0.39, 0.29) is 26.1 Å². The molecule has 13 nitrogen and oxygen atoms in total. The fourth-order valence-electron chi connectivity index (χ4n) is 5.76.